The van der Waals surface area contributed by atoms with Crippen molar-refractivity contribution in [2.75, 3.05) is 6.61 Å². The van der Waals surface area contributed by atoms with Crippen molar-refractivity contribution in [3.63, 3.8) is 0 Å². The minimum atomic E-state index is -0.457. The van der Waals surface area contributed by atoms with Crippen molar-refractivity contribution in [3.05, 3.63) is 40.1 Å². The second-order valence-corrected chi connectivity index (χ2v) is 4.22. The predicted octanol–water partition coefficient (Wildman–Crippen LogP) is 1.85. The summed E-state index contributed by atoms with van der Waals surface area (Å²) in [5.74, 6) is 0.260. The second kappa shape index (κ2) is 5.70. The number of hydrogen-bond donors (Lipinski definition) is 1. The minimum Gasteiger partial charge on any atom is -0.487 e. The third kappa shape index (κ3) is 2.62. The van der Waals surface area contributed by atoms with Crippen LogP contribution >= 0.6 is 0 Å². The molecule has 0 bridgehead atoms. The first-order valence-electron chi connectivity index (χ1n) is 6.21. The van der Waals surface area contributed by atoms with Gasteiger partial charge in [0.1, 0.15) is 0 Å². The largest absolute Gasteiger partial charge is 0.487 e. The van der Waals surface area contributed by atoms with Crippen LogP contribution in [0.25, 0.3) is 11.3 Å². The Morgan fingerprint density at radius 2 is 2.20 bits per heavy atom. The van der Waals surface area contributed by atoms with Gasteiger partial charge < -0.3 is 10.5 Å². The molecule has 2 aromatic rings. The van der Waals surface area contributed by atoms with E-state index in [1.165, 1.54) is 6.07 Å². The molecule has 0 amide bonds. The van der Waals surface area contributed by atoms with Gasteiger partial charge in [0.05, 0.1) is 22.9 Å². The maximum absolute atomic E-state index is 11.1. The summed E-state index contributed by atoms with van der Waals surface area (Å²) in [4.78, 5) is 10.6. The summed E-state index contributed by atoms with van der Waals surface area (Å²) in [7, 11) is 1.79. The summed E-state index contributed by atoms with van der Waals surface area (Å²) in [6.45, 7) is 2.52. The molecule has 0 fully saturated rings. The van der Waals surface area contributed by atoms with Gasteiger partial charge in [0.2, 0.25) is 0 Å². The van der Waals surface area contributed by atoms with Gasteiger partial charge in [0, 0.05) is 25.2 Å². The fraction of sp³-hybridized carbons (Fsp3) is 0.308. The number of nitrogens with two attached hydrogens (primary N) is 1. The highest BCUT2D eigenvalue weighted by Crippen LogP contribution is 2.32. The Balaban J connectivity index is 2.46. The highest BCUT2D eigenvalue weighted by molar-refractivity contribution is 5.66. The lowest BCUT2D eigenvalue weighted by atomic mass is 10.1. The smallest absolute Gasteiger partial charge is 0.311 e. The summed E-state index contributed by atoms with van der Waals surface area (Å²) in [5, 5.41) is 15.4. The van der Waals surface area contributed by atoms with Crippen LogP contribution in [0.4, 0.5) is 5.69 Å². The molecule has 2 N–H and O–H groups in total. The summed E-state index contributed by atoms with van der Waals surface area (Å²) in [6.07, 6.45) is 0. The van der Waals surface area contributed by atoms with Crippen LogP contribution in [-0.4, -0.2) is 21.3 Å². The van der Waals surface area contributed by atoms with Crippen molar-refractivity contribution in [1.82, 2.24) is 9.78 Å². The molecule has 0 saturated carbocycles. The van der Waals surface area contributed by atoms with Gasteiger partial charge in [-0.1, -0.05) is 0 Å². The van der Waals surface area contributed by atoms with Crippen LogP contribution in [0.1, 0.15) is 12.6 Å². The molecule has 1 aromatic carbocycles. The van der Waals surface area contributed by atoms with E-state index in [9.17, 15) is 10.1 Å². The molecule has 1 aromatic heterocycles. The summed E-state index contributed by atoms with van der Waals surface area (Å²) in [5.41, 5.74) is 7.70. The number of rotatable bonds is 5. The second-order valence-electron chi connectivity index (χ2n) is 4.22. The average Bonchev–Trinajstić information content (AvgIpc) is 2.80. The van der Waals surface area contributed by atoms with Crippen LogP contribution in [-0.2, 0) is 13.6 Å². The molecular weight excluding hydrogens is 260 g/mol. The first-order valence-corrected chi connectivity index (χ1v) is 6.21. The van der Waals surface area contributed by atoms with Crippen molar-refractivity contribution < 1.29 is 9.66 Å². The monoisotopic (exact) mass is 276 g/mol. The van der Waals surface area contributed by atoms with E-state index in [0.717, 1.165) is 5.69 Å². The molecular formula is C13H16N4O3. The predicted molar refractivity (Wildman–Crippen MR) is 74.4 cm³/mol. The first kappa shape index (κ1) is 14.0. The van der Waals surface area contributed by atoms with Crippen LogP contribution in [0.5, 0.6) is 5.75 Å². The highest BCUT2D eigenvalue weighted by atomic mass is 16.6. The number of nitrogens with zero attached hydrogens (tertiary/aromatic N) is 3. The molecule has 2 rings (SSSR count). The van der Waals surface area contributed by atoms with Crippen molar-refractivity contribution in [2.45, 2.75) is 13.5 Å². The van der Waals surface area contributed by atoms with Crippen LogP contribution in [0.3, 0.4) is 0 Å². The van der Waals surface area contributed by atoms with E-state index >= 15 is 0 Å². The Hall–Kier alpha value is -2.41. The van der Waals surface area contributed by atoms with Crippen molar-refractivity contribution in [1.29, 1.82) is 0 Å². The van der Waals surface area contributed by atoms with E-state index in [1.807, 2.05) is 6.07 Å². The molecule has 0 saturated heterocycles. The lowest BCUT2D eigenvalue weighted by molar-refractivity contribution is -0.385. The van der Waals surface area contributed by atoms with Gasteiger partial charge in [-0.05, 0) is 25.1 Å². The maximum atomic E-state index is 11.1. The first-order chi connectivity index (χ1) is 9.56. The van der Waals surface area contributed by atoms with Gasteiger partial charge in [-0.3, -0.25) is 14.8 Å². The number of ether oxygens (including phenoxy) is 1. The van der Waals surface area contributed by atoms with Gasteiger partial charge in [0.15, 0.2) is 5.75 Å². The van der Waals surface area contributed by atoms with E-state index in [-0.39, 0.29) is 11.4 Å². The van der Waals surface area contributed by atoms with E-state index in [4.69, 9.17) is 10.5 Å². The minimum absolute atomic E-state index is 0.0655. The molecule has 1 heterocycles. The maximum Gasteiger partial charge on any atom is 0.311 e. The highest BCUT2D eigenvalue weighted by Gasteiger charge is 2.17. The van der Waals surface area contributed by atoms with E-state index in [2.05, 4.69) is 5.10 Å². The molecule has 0 atom stereocenters. The Labute approximate surface area is 116 Å². The van der Waals surface area contributed by atoms with Gasteiger partial charge in [0.25, 0.3) is 0 Å². The zero-order valence-electron chi connectivity index (χ0n) is 11.4. The van der Waals surface area contributed by atoms with Crippen molar-refractivity contribution in [3.8, 4) is 17.0 Å². The van der Waals surface area contributed by atoms with E-state index in [0.29, 0.717) is 24.4 Å². The van der Waals surface area contributed by atoms with E-state index < -0.39 is 4.92 Å². The van der Waals surface area contributed by atoms with Gasteiger partial charge in [-0.15, -0.1) is 0 Å². The van der Waals surface area contributed by atoms with Crippen LogP contribution in [0.15, 0.2) is 24.3 Å². The van der Waals surface area contributed by atoms with Crippen molar-refractivity contribution >= 4 is 5.69 Å². The van der Waals surface area contributed by atoms with Crippen LogP contribution < -0.4 is 10.5 Å². The zero-order valence-corrected chi connectivity index (χ0v) is 11.4. The molecule has 0 aliphatic carbocycles. The quantitative estimate of drug-likeness (QED) is 0.664. The van der Waals surface area contributed by atoms with Crippen LogP contribution in [0, 0.1) is 10.1 Å². The van der Waals surface area contributed by atoms with Gasteiger partial charge >= 0.3 is 5.69 Å². The molecule has 7 nitrogen and oxygen atoms in total. The normalized spacial score (nSPS) is 10.6. The topological polar surface area (TPSA) is 96.2 Å². The fourth-order valence-corrected chi connectivity index (χ4v) is 1.93. The Bertz CT molecular complexity index is 637. The zero-order chi connectivity index (χ0) is 14.7. The third-order valence-electron chi connectivity index (χ3n) is 2.94. The molecule has 0 aliphatic rings. The Morgan fingerprint density at radius 1 is 1.45 bits per heavy atom. The number of nitro benzene ring substituents is 1. The summed E-state index contributed by atoms with van der Waals surface area (Å²) >= 11 is 0. The molecule has 0 radical (unpaired) electrons. The number of nitro groups is 1. The summed E-state index contributed by atoms with van der Waals surface area (Å²) in [6, 6.07) is 6.63. The molecule has 106 valence electrons. The lowest BCUT2D eigenvalue weighted by Crippen LogP contribution is -2.03. The standard InChI is InChI=1S/C13H16N4O3/c1-3-20-13-5-4-9(6-12(13)17(18)19)11-7-10(8-14)16(2)15-11/h4-7H,3,8,14H2,1-2H3. The lowest BCUT2D eigenvalue weighted by Gasteiger charge is -2.05. The third-order valence-corrected chi connectivity index (χ3v) is 2.94. The van der Waals surface area contributed by atoms with Gasteiger partial charge in [-0.25, -0.2) is 0 Å². The Morgan fingerprint density at radius 3 is 2.75 bits per heavy atom. The summed E-state index contributed by atoms with van der Waals surface area (Å²) < 4.78 is 6.92. The van der Waals surface area contributed by atoms with Gasteiger partial charge in [-0.2, -0.15) is 5.10 Å². The SMILES string of the molecule is CCOc1ccc(-c2cc(CN)n(C)n2)cc1[N+](=O)[O-]. The fourth-order valence-electron chi connectivity index (χ4n) is 1.93. The molecule has 20 heavy (non-hydrogen) atoms. The molecule has 0 unspecified atom stereocenters. The van der Waals surface area contributed by atoms with E-state index in [1.54, 1.807) is 30.8 Å². The average molecular weight is 276 g/mol. The Kier molecular flexibility index (Phi) is 3.99. The molecule has 7 heteroatoms. The number of benzene rings is 1. The van der Waals surface area contributed by atoms with Crippen LogP contribution in [0.2, 0.25) is 0 Å². The van der Waals surface area contributed by atoms with Crippen molar-refractivity contribution in [2.24, 2.45) is 12.8 Å². The molecule has 0 spiro atoms. The number of aromatic nitrogens is 2. The molecule has 0 aliphatic heterocycles. The number of aryl methyl sites for hydroxylation is 1. The number of hydrogen-bond acceptors (Lipinski definition) is 5.